The summed E-state index contributed by atoms with van der Waals surface area (Å²) in [5.74, 6) is 1.72. The summed E-state index contributed by atoms with van der Waals surface area (Å²) < 4.78 is 36.1. The zero-order valence-electron chi connectivity index (χ0n) is 22.2. The van der Waals surface area contributed by atoms with E-state index in [4.69, 9.17) is 18.9 Å². The number of amides is 1. The Hall–Kier alpha value is -2.88. The Labute approximate surface area is 224 Å². The number of benzene rings is 2. The molecule has 1 atom stereocenters. The largest absolute Gasteiger partial charge is 0.493 e. The monoisotopic (exact) mass is 530 g/mol. The molecule has 0 saturated carbocycles. The number of ether oxygens (including phenoxy) is 4. The van der Waals surface area contributed by atoms with Gasteiger partial charge < -0.3 is 29.0 Å². The van der Waals surface area contributed by atoms with Gasteiger partial charge in [-0.2, -0.15) is 0 Å². The Morgan fingerprint density at radius 3 is 2.71 bits per heavy atom. The van der Waals surface area contributed by atoms with Crippen molar-refractivity contribution in [1.29, 1.82) is 0 Å². The molecular weight excluding hydrogens is 491 g/mol. The van der Waals surface area contributed by atoms with Crippen LogP contribution in [0.3, 0.4) is 0 Å². The van der Waals surface area contributed by atoms with Crippen molar-refractivity contribution in [3.63, 3.8) is 0 Å². The number of carbonyl (C=O) groups excluding carboxylic acids is 1. The minimum Gasteiger partial charge on any atom is -0.493 e. The Kier molecular flexibility index (Phi) is 10.2. The van der Waals surface area contributed by atoms with E-state index in [9.17, 15) is 14.3 Å². The maximum Gasteiger partial charge on any atom is 0.222 e. The first kappa shape index (κ1) is 28.1. The number of methoxy groups -OCH3 is 1. The van der Waals surface area contributed by atoms with Gasteiger partial charge in [-0.15, -0.1) is 0 Å². The molecule has 4 rings (SSSR count). The Bertz CT molecular complexity index is 1040. The summed E-state index contributed by atoms with van der Waals surface area (Å²) in [6, 6.07) is 11.6. The van der Waals surface area contributed by atoms with Crippen LogP contribution in [-0.2, 0) is 16.1 Å². The summed E-state index contributed by atoms with van der Waals surface area (Å²) >= 11 is 0. The lowest BCUT2D eigenvalue weighted by atomic mass is 10.1. The molecule has 2 heterocycles. The highest BCUT2D eigenvalue weighted by Gasteiger charge is 2.33. The third-order valence-electron chi connectivity index (χ3n) is 6.90. The molecule has 0 aliphatic carbocycles. The number of hydrogen-bond acceptors (Lipinski definition) is 7. The molecule has 2 fully saturated rings. The first-order chi connectivity index (χ1) is 18.4. The molecule has 38 heavy (non-hydrogen) atoms. The molecule has 208 valence electrons. The van der Waals surface area contributed by atoms with Crippen LogP contribution in [0.25, 0.3) is 0 Å². The maximum atomic E-state index is 13.2. The SMILES string of the molecule is COc1cc(CN2CCOC[C@@](O)(COc3ccc(F)cc3)C2)ccc1OCCCN1CCCCCC1=O. The normalized spacial score (nSPS) is 21.0. The molecule has 0 spiro atoms. The van der Waals surface area contributed by atoms with E-state index >= 15 is 0 Å². The van der Waals surface area contributed by atoms with E-state index in [1.54, 1.807) is 19.2 Å². The summed E-state index contributed by atoms with van der Waals surface area (Å²) in [6.07, 6.45) is 4.60. The molecule has 1 N–H and O–H groups in total. The fourth-order valence-electron chi connectivity index (χ4n) is 4.87. The van der Waals surface area contributed by atoms with Gasteiger partial charge in [-0.25, -0.2) is 4.39 Å². The van der Waals surface area contributed by atoms with E-state index in [-0.39, 0.29) is 24.9 Å². The number of rotatable bonds is 11. The van der Waals surface area contributed by atoms with Crippen LogP contribution in [0.1, 0.15) is 37.7 Å². The first-order valence-electron chi connectivity index (χ1n) is 13.4. The van der Waals surface area contributed by atoms with Crippen molar-refractivity contribution in [1.82, 2.24) is 9.80 Å². The molecule has 2 aromatic rings. The zero-order chi connectivity index (χ0) is 26.8. The van der Waals surface area contributed by atoms with E-state index in [1.807, 2.05) is 23.1 Å². The van der Waals surface area contributed by atoms with Crippen LogP contribution in [-0.4, -0.2) is 86.1 Å². The van der Waals surface area contributed by atoms with Crippen molar-refractivity contribution >= 4 is 5.91 Å². The highest BCUT2D eigenvalue weighted by molar-refractivity contribution is 5.76. The minimum absolute atomic E-state index is 0.0360. The quantitative estimate of drug-likeness (QED) is 0.444. The summed E-state index contributed by atoms with van der Waals surface area (Å²) in [5, 5.41) is 11.2. The molecule has 2 saturated heterocycles. The second kappa shape index (κ2) is 13.8. The topological polar surface area (TPSA) is 80.7 Å². The average molecular weight is 531 g/mol. The first-order valence-corrected chi connectivity index (χ1v) is 13.4. The Balaban J connectivity index is 1.29. The number of likely N-dealkylation sites (tertiary alicyclic amines) is 1. The van der Waals surface area contributed by atoms with Gasteiger partial charge in [-0.05, 0) is 61.2 Å². The summed E-state index contributed by atoms with van der Waals surface area (Å²) in [5.41, 5.74) is -0.180. The highest BCUT2D eigenvalue weighted by Crippen LogP contribution is 2.29. The molecule has 0 aromatic heterocycles. The van der Waals surface area contributed by atoms with E-state index in [0.29, 0.717) is 63.1 Å². The van der Waals surface area contributed by atoms with Gasteiger partial charge >= 0.3 is 0 Å². The van der Waals surface area contributed by atoms with Crippen molar-refractivity contribution in [2.24, 2.45) is 0 Å². The Morgan fingerprint density at radius 2 is 1.89 bits per heavy atom. The smallest absolute Gasteiger partial charge is 0.222 e. The highest BCUT2D eigenvalue weighted by atomic mass is 19.1. The van der Waals surface area contributed by atoms with Crippen LogP contribution in [0.4, 0.5) is 4.39 Å². The predicted octanol–water partition coefficient (Wildman–Crippen LogP) is 3.65. The van der Waals surface area contributed by atoms with Crippen molar-refractivity contribution in [2.45, 2.75) is 44.2 Å². The number of aliphatic hydroxyl groups is 1. The molecule has 2 aromatic carbocycles. The number of β-amino-alcohol motifs (C(OH)–C–C–N with tert-alkyl or cyclic N) is 1. The number of carbonyl (C=O) groups is 1. The molecule has 1 amide bonds. The lowest BCUT2D eigenvalue weighted by molar-refractivity contribution is -0.130. The molecule has 0 radical (unpaired) electrons. The van der Waals surface area contributed by atoms with Gasteiger partial charge in [0.15, 0.2) is 11.5 Å². The van der Waals surface area contributed by atoms with E-state index in [0.717, 1.165) is 37.8 Å². The van der Waals surface area contributed by atoms with Crippen LogP contribution < -0.4 is 14.2 Å². The molecule has 9 heteroatoms. The van der Waals surface area contributed by atoms with E-state index in [2.05, 4.69) is 4.90 Å². The minimum atomic E-state index is -1.20. The van der Waals surface area contributed by atoms with Gasteiger partial charge in [0, 0.05) is 39.1 Å². The number of nitrogens with zero attached hydrogens (tertiary/aromatic N) is 2. The van der Waals surface area contributed by atoms with Crippen LogP contribution in [0.2, 0.25) is 0 Å². The molecule has 0 unspecified atom stereocenters. The van der Waals surface area contributed by atoms with Crippen molar-refractivity contribution in [3.8, 4) is 17.2 Å². The molecule has 2 aliphatic heterocycles. The van der Waals surface area contributed by atoms with E-state index in [1.165, 1.54) is 12.1 Å². The third-order valence-corrected chi connectivity index (χ3v) is 6.90. The second-order valence-electron chi connectivity index (χ2n) is 10.1. The van der Waals surface area contributed by atoms with Crippen LogP contribution in [0.15, 0.2) is 42.5 Å². The van der Waals surface area contributed by atoms with Crippen LogP contribution >= 0.6 is 0 Å². The fourth-order valence-corrected chi connectivity index (χ4v) is 4.87. The van der Waals surface area contributed by atoms with Crippen LogP contribution in [0.5, 0.6) is 17.2 Å². The van der Waals surface area contributed by atoms with Gasteiger partial charge in [0.05, 0.1) is 26.9 Å². The molecule has 0 bridgehead atoms. The van der Waals surface area contributed by atoms with Crippen molar-refractivity contribution in [2.75, 3.05) is 59.7 Å². The van der Waals surface area contributed by atoms with Crippen molar-refractivity contribution < 1.29 is 33.2 Å². The zero-order valence-corrected chi connectivity index (χ0v) is 22.2. The summed E-state index contributed by atoms with van der Waals surface area (Å²) in [7, 11) is 1.62. The standard InChI is InChI=1S/C29H39FN2O6/c1-35-27-18-23(7-12-26(27)37-16-5-14-32-13-4-2-3-6-28(32)33)19-31-15-17-36-21-29(34,20-31)22-38-25-10-8-24(30)9-11-25/h7-12,18,34H,2-6,13-17,19-22H2,1H3/t29-/m1/s1. The van der Waals surface area contributed by atoms with Gasteiger partial charge in [-0.1, -0.05) is 12.5 Å². The van der Waals surface area contributed by atoms with Gasteiger partial charge in [0.25, 0.3) is 0 Å². The van der Waals surface area contributed by atoms with E-state index < -0.39 is 5.60 Å². The third kappa shape index (κ3) is 8.31. The van der Waals surface area contributed by atoms with Gasteiger partial charge in [-0.3, -0.25) is 9.69 Å². The van der Waals surface area contributed by atoms with Gasteiger partial charge in [0.2, 0.25) is 5.91 Å². The maximum absolute atomic E-state index is 13.2. The van der Waals surface area contributed by atoms with Crippen LogP contribution in [0, 0.1) is 5.82 Å². The second-order valence-corrected chi connectivity index (χ2v) is 10.1. The van der Waals surface area contributed by atoms with Gasteiger partial charge in [0.1, 0.15) is 23.8 Å². The lowest BCUT2D eigenvalue weighted by Crippen LogP contribution is -2.48. The van der Waals surface area contributed by atoms with Crippen molar-refractivity contribution in [3.05, 3.63) is 53.8 Å². The summed E-state index contributed by atoms with van der Waals surface area (Å²) in [4.78, 5) is 16.2. The average Bonchev–Trinajstić information content (AvgIpc) is 3.24. The predicted molar refractivity (Wildman–Crippen MR) is 141 cm³/mol. The summed E-state index contributed by atoms with van der Waals surface area (Å²) in [6.45, 7) is 4.36. The lowest BCUT2D eigenvalue weighted by Gasteiger charge is -2.30. The fraction of sp³-hybridized carbons (Fsp3) is 0.552. The number of halogens is 1. The molecule has 8 nitrogen and oxygen atoms in total. The molecular formula is C29H39FN2O6. The molecule has 2 aliphatic rings. The Morgan fingerprint density at radius 1 is 1.05 bits per heavy atom. The number of hydrogen-bond donors (Lipinski definition) is 1.